The number of nitrogens with two attached hydrogens (primary N) is 1. The molecule has 0 unspecified atom stereocenters. The first-order chi connectivity index (χ1) is 5.29. The molecule has 66 valence electrons. The average Bonchev–Trinajstić information content (AvgIpc) is 2.14. The lowest BCUT2D eigenvalue weighted by molar-refractivity contribution is 0.475. The number of hydrogen-bond donors (Lipinski definition) is 2. The highest BCUT2D eigenvalue weighted by atomic mass is 14.7. The zero-order valence-corrected chi connectivity index (χ0v) is 7.10. The van der Waals surface area contributed by atoms with E-state index in [1.165, 1.54) is 38.5 Å². The second-order valence-corrected chi connectivity index (χ2v) is 3.59. The Morgan fingerprint density at radius 2 is 1.82 bits per heavy atom. The van der Waals surface area contributed by atoms with E-state index in [-0.39, 0.29) is 1.43 Å². The number of hydrogen-bond acceptors (Lipinski definition) is 1. The third-order valence-electron chi connectivity index (χ3n) is 2.48. The summed E-state index contributed by atoms with van der Waals surface area (Å²) in [6.45, 7) is 0. The number of nitrogens with one attached hydrogen (secondary N) is 1. The zero-order chi connectivity index (χ0) is 8.10. The summed E-state index contributed by atoms with van der Waals surface area (Å²) in [5.41, 5.74) is 5.36. The first-order valence-electron chi connectivity index (χ1n) is 4.62. The summed E-state index contributed by atoms with van der Waals surface area (Å²) in [5, 5.41) is 7.18. The van der Waals surface area contributed by atoms with E-state index in [0.29, 0.717) is 5.84 Å². The predicted octanol–water partition coefficient (Wildman–Crippen LogP) is 2.53. The number of rotatable bonds is 2. The SMILES string of the molecule is N=C(N)CC1CCCCCC1.[HH]. The molecule has 1 fully saturated rings. The molecule has 1 rings (SSSR count). The van der Waals surface area contributed by atoms with Gasteiger partial charge in [-0.05, 0) is 5.92 Å². The average molecular weight is 156 g/mol. The molecule has 0 spiro atoms. The van der Waals surface area contributed by atoms with Crippen molar-refractivity contribution in [3.8, 4) is 0 Å². The molecule has 0 amide bonds. The molecule has 0 aliphatic heterocycles. The highest BCUT2D eigenvalue weighted by molar-refractivity contribution is 5.77. The Bertz CT molecular complexity index is 128. The third-order valence-corrected chi connectivity index (χ3v) is 2.48. The van der Waals surface area contributed by atoms with E-state index in [0.717, 1.165) is 12.3 Å². The molecule has 0 radical (unpaired) electrons. The van der Waals surface area contributed by atoms with Crippen LogP contribution >= 0.6 is 0 Å². The fourth-order valence-corrected chi connectivity index (χ4v) is 1.88. The van der Waals surface area contributed by atoms with E-state index in [9.17, 15) is 0 Å². The molecule has 0 saturated heterocycles. The molecule has 3 N–H and O–H groups in total. The Kier molecular flexibility index (Phi) is 3.40. The van der Waals surface area contributed by atoms with Crippen LogP contribution in [-0.4, -0.2) is 5.84 Å². The van der Waals surface area contributed by atoms with Gasteiger partial charge in [0.25, 0.3) is 0 Å². The van der Waals surface area contributed by atoms with Gasteiger partial charge in [0.1, 0.15) is 0 Å². The van der Waals surface area contributed by atoms with Crippen molar-refractivity contribution in [2.75, 3.05) is 0 Å². The highest BCUT2D eigenvalue weighted by Crippen LogP contribution is 2.24. The van der Waals surface area contributed by atoms with Crippen LogP contribution in [0.25, 0.3) is 0 Å². The maximum Gasteiger partial charge on any atom is 0.0908 e. The highest BCUT2D eigenvalue weighted by Gasteiger charge is 2.12. The van der Waals surface area contributed by atoms with Crippen LogP contribution in [0, 0.1) is 11.3 Å². The van der Waals surface area contributed by atoms with Crippen molar-refractivity contribution in [3.05, 3.63) is 0 Å². The van der Waals surface area contributed by atoms with E-state index in [4.69, 9.17) is 11.1 Å². The Morgan fingerprint density at radius 1 is 1.27 bits per heavy atom. The van der Waals surface area contributed by atoms with Crippen LogP contribution in [0.4, 0.5) is 0 Å². The minimum atomic E-state index is 0. The van der Waals surface area contributed by atoms with Crippen LogP contribution in [0.15, 0.2) is 0 Å². The first kappa shape index (κ1) is 8.57. The molecular formula is C9H20N2. The van der Waals surface area contributed by atoms with Crippen LogP contribution in [0.1, 0.15) is 46.4 Å². The van der Waals surface area contributed by atoms with Crippen LogP contribution < -0.4 is 5.73 Å². The Balaban J connectivity index is 0.00000121. The molecular weight excluding hydrogens is 136 g/mol. The van der Waals surface area contributed by atoms with Crippen molar-refractivity contribution in [2.45, 2.75) is 44.9 Å². The Labute approximate surface area is 70.2 Å². The van der Waals surface area contributed by atoms with Crippen LogP contribution in [0.3, 0.4) is 0 Å². The van der Waals surface area contributed by atoms with Gasteiger partial charge in [0.05, 0.1) is 5.84 Å². The fourth-order valence-electron chi connectivity index (χ4n) is 1.88. The standard InChI is InChI=1S/C9H18N2.H2/c10-9(11)7-8-5-3-1-2-4-6-8;/h8H,1-7H2,(H3,10,11);1H. The molecule has 1 saturated carbocycles. The van der Waals surface area contributed by atoms with Gasteiger partial charge in [0.15, 0.2) is 0 Å². The van der Waals surface area contributed by atoms with Crippen molar-refractivity contribution >= 4 is 5.84 Å². The molecule has 11 heavy (non-hydrogen) atoms. The second kappa shape index (κ2) is 4.37. The molecule has 2 heteroatoms. The van der Waals surface area contributed by atoms with Gasteiger partial charge in [-0.15, -0.1) is 0 Å². The minimum absolute atomic E-state index is 0. The molecule has 1 aliphatic carbocycles. The van der Waals surface area contributed by atoms with Gasteiger partial charge < -0.3 is 5.73 Å². The monoisotopic (exact) mass is 156 g/mol. The predicted molar refractivity (Wildman–Crippen MR) is 49.8 cm³/mol. The van der Waals surface area contributed by atoms with Crippen molar-refractivity contribution in [3.63, 3.8) is 0 Å². The molecule has 1 aliphatic rings. The van der Waals surface area contributed by atoms with E-state index in [1.807, 2.05) is 0 Å². The summed E-state index contributed by atoms with van der Waals surface area (Å²) in [7, 11) is 0. The molecule has 0 heterocycles. The lowest BCUT2D eigenvalue weighted by Gasteiger charge is -2.11. The third kappa shape index (κ3) is 3.40. The van der Waals surface area contributed by atoms with Gasteiger partial charge in [-0.25, -0.2) is 0 Å². The molecule has 0 bridgehead atoms. The van der Waals surface area contributed by atoms with Gasteiger partial charge >= 0.3 is 0 Å². The van der Waals surface area contributed by atoms with Gasteiger partial charge in [0, 0.05) is 7.85 Å². The molecule has 0 aromatic rings. The van der Waals surface area contributed by atoms with E-state index >= 15 is 0 Å². The lowest BCUT2D eigenvalue weighted by Crippen LogP contribution is -2.15. The Morgan fingerprint density at radius 3 is 2.27 bits per heavy atom. The van der Waals surface area contributed by atoms with Gasteiger partial charge in [-0.3, -0.25) is 5.41 Å². The molecule has 0 atom stereocenters. The first-order valence-corrected chi connectivity index (χ1v) is 4.62. The normalized spacial score (nSPS) is 21.1. The van der Waals surface area contributed by atoms with E-state index in [2.05, 4.69) is 0 Å². The van der Waals surface area contributed by atoms with Gasteiger partial charge in [-0.1, -0.05) is 38.5 Å². The lowest BCUT2D eigenvalue weighted by atomic mass is 9.96. The van der Waals surface area contributed by atoms with Crippen molar-refractivity contribution in [1.82, 2.24) is 0 Å². The van der Waals surface area contributed by atoms with Crippen LogP contribution in [0.2, 0.25) is 0 Å². The van der Waals surface area contributed by atoms with Crippen molar-refractivity contribution < 1.29 is 1.43 Å². The van der Waals surface area contributed by atoms with Gasteiger partial charge in [-0.2, -0.15) is 0 Å². The summed E-state index contributed by atoms with van der Waals surface area (Å²) < 4.78 is 0. The largest absolute Gasteiger partial charge is 0.388 e. The maximum atomic E-state index is 7.18. The summed E-state index contributed by atoms with van der Waals surface area (Å²) in [6.07, 6.45) is 8.87. The topological polar surface area (TPSA) is 49.9 Å². The molecule has 0 aromatic carbocycles. The van der Waals surface area contributed by atoms with Crippen molar-refractivity contribution in [2.24, 2.45) is 11.7 Å². The summed E-state index contributed by atoms with van der Waals surface area (Å²) in [4.78, 5) is 0. The fraction of sp³-hybridized carbons (Fsp3) is 0.889. The Hall–Kier alpha value is -0.530. The quantitative estimate of drug-likeness (QED) is 0.360. The summed E-state index contributed by atoms with van der Waals surface area (Å²) in [5.74, 6) is 1.09. The van der Waals surface area contributed by atoms with Crippen molar-refractivity contribution in [1.29, 1.82) is 5.41 Å². The summed E-state index contributed by atoms with van der Waals surface area (Å²) in [6, 6.07) is 0. The van der Waals surface area contributed by atoms with Crippen LogP contribution in [0.5, 0.6) is 0 Å². The maximum absolute atomic E-state index is 7.18. The van der Waals surface area contributed by atoms with Gasteiger partial charge in [0.2, 0.25) is 0 Å². The molecule has 0 aromatic heterocycles. The van der Waals surface area contributed by atoms with E-state index < -0.39 is 0 Å². The zero-order valence-electron chi connectivity index (χ0n) is 7.10. The second-order valence-electron chi connectivity index (χ2n) is 3.59. The van der Waals surface area contributed by atoms with Crippen LogP contribution in [-0.2, 0) is 0 Å². The van der Waals surface area contributed by atoms with E-state index in [1.54, 1.807) is 0 Å². The summed E-state index contributed by atoms with van der Waals surface area (Å²) >= 11 is 0. The smallest absolute Gasteiger partial charge is 0.0908 e. The minimum Gasteiger partial charge on any atom is -0.388 e. The number of amidine groups is 1. The molecule has 2 nitrogen and oxygen atoms in total.